The fourth-order valence-corrected chi connectivity index (χ4v) is 3.47. The summed E-state index contributed by atoms with van der Waals surface area (Å²) in [5, 5.41) is 0.738. The zero-order valence-corrected chi connectivity index (χ0v) is 11.8. The molecule has 1 aromatic carbocycles. The van der Waals surface area contributed by atoms with E-state index in [1.54, 1.807) is 18.4 Å². The SMILES string of the molecule is COC1CCCC(Oc2nc3ccc(N)cc3s2)C1. The Morgan fingerprint density at radius 3 is 3.00 bits per heavy atom. The minimum atomic E-state index is 0.219. The van der Waals surface area contributed by atoms with Crippen LogP contribution in [0.5, 0.6) is 5.19 Å². The molecule has 5 heteroatoms. The lowest BCUT2D eigenvalue weighted by molar-refractivity contribution is 0.0210. The van der Waals surface area contributed by atoms with Crippen LogP contribution in [-0.4, -0.2) is 24.3 Å². The van der Waals surface area contributed by atoms with Crippen molar-refractivity contribution in [3.8, 4) is 5.19 Å². The maximum atomic E-state index is 6.00. The number of thiazole rings is 1. The van der Waals surface area contributed by atoms with E-state index < -0.39 is 0 Å². The molecule has 2 unspecified atom stereocenters. The molecule has 0 bridgehead atoms. The Hall–Kier alpha value is -1.33. The van der Waals surface area contributed by atoms with Crippen LogP contribution in [0.4, 0.5) is 5.69 Å². The molecular formula is C14H18N2O2S. The van der Waals surface area contributed by atoms with Crippen LogP contribution in [0.2, 0.25) is 0 Å². The maximum absolute atomic E-state index is 6.00. The second-order valence-electron chi connectivity index (χ2n) is 4.97. The Morgan fingerprint density at radius 1 is 1.32 bits per heavy atom. The Bertz CT molecular complexity index is 570. The fourth-order valence-electron chi connectivity index (χ4n) is 2.54. The van der Waals surface area contributed by atoms with Gasteiger partial charge in [0.15, 0.2) is 0 Å². The van der Waals surface area contributed by atoms with Crippen molar-refractivity contribution in [1.82, 2.24) is 4.98 Å². The Morgan fingerprint density at radius 2 is 2.16 bits per heavy atom. The zero-order valence-electron chi connectivity index (χ0n) is 11.0. The van der Waals surface area contributed by atoms with E-state index in [4.69, 9.17) is 15.2 Å². The molecule has 2 atom stereocenters. The van der Waals surface area contributed by atoms with Crippen molar-refractivity contribution < 1.29 is 9.47 Å². The van der Waals surface area contributed by atoms with Gasteiger partial charge >= 0.3 is 0 Å². The third kappa shape index (κ3) is 2.82. The van der Waals surface area contributed by atoms with Gasteiger partial charge in [-0.25, -0.2) is 4.98 Å². The summed E-state index contributed by atoms with van der Waals surface area (Å²) in [7, 11) is 1.77. The number of hydrogen-bond donors (Lipinski definition) is 1. The van der Waals surface area contributed by atoms with Gasteiger partial charge in [0.2, 0.25) is 0 Å². The highest BCUT2D eigenvalue weighted by Crippen LogP contribution is 2.32. The number of fused-ring (bicyclic) bond motifs is 1. The number of methoxy groups -OCH3 is 1. The van der Waals surface area contributed by atoms with E-state index >= 15 is 0 Å². The molecule has 19 heavy (non-hydrogen) atoms. The Balaban J connectivity index is 1.74. The van der Waals surface area contributed by atoms with Crippen molar-refractivity contribution in [2.24, 2.45) is 0 Å². The summed E-state index contributed by atoms with van der Waals surface area (Å²) in [6, 6.07) is 5.75. The smallest absolute Gasteiger partial charge is 0.274 e. The predicted molar refractivity (Wildman–Crippen MR) is 77.7 cm³/mol. The molecule has 4 nitrogen and oxygen atoms in total. The van der Waals surface area contributed by atoms with Crippen LogP contribution in [0, 0.1) is 0 Å². The first-order valence-electron chi connectivity index (χ1n) is 6.60. The van der Waals surface area contributed by atoms with E-state index in [2.05, 4.69) is 4.98 Å². The van der Waals surface area contributed by atoms with Gasteiger partial charge in [0, 0.05) is 19.2 Å². The molecule has 2 aromatic rings. The molecule has 0 radical (unpaired) electrons. The van der Waals surface area contributed by atoms with E-state index in [0.717, 1.165) is 46.8 Å². The van der Waals surface area contributed by atoms with Gasteiger partial charge in [-0.05, 0) is 37.5 Å². The van der Waals surface area contributed by atoms with Crippen molar-refractivity contribution in [3.63, 3.8) is 0 Å². The van der Waals surface area contributed by atoms with Gasteiger partial charge in [-0.3, -0.25) is 0 Å². The van der Waals surface area contributed by atoms with Crippen LogP contribution in [0.25, 0.3) is 10.2 Å². The predicted octanol–water partition coefficient (Wildman–Crippen LogP) is 3.21. The monoisotopic (exact) mass is 278 g/mol. The lowest BCUT2D eigenvalue weighted by Gasteiger charge is -2.27. The number of nitrogens with zero attached hydrogens (tertiary/aromatic N) is 1. The van der Waals surface area contributed by atoms with Gasteiger partial charge in [-0.2, -0.15) is 0 Å². The highest BCUT2D eigenvalue weighted by molar-refractivity contribution is 7.20. The van der Waals surface area contributed by atoms with Crippen LogP contribution in [0.3, 0.4) is 0 Å². The maximum Gasteiger partial charge on any atom is 0.274 e. The summed E-state index contributed by atoms with van der Waals surface area (Å²) in [5.74, 6) is 0. The van der Waals surface area contributed by atoms with E-state index in [1.165, 1.54) is 0 Å². The quantitative estimate of drug-likeness (QED) is 0.876. The second-order valence-corrected chi connectivity index (χ2v) is 5.96. The van der Waals surface area contributed by atoms with Crippen LogP contribution in [-0.2, 0) is 4.74 Å². The van der Waals surface area contributed by atoms with Gasteiger partial charge < -0.3 is 15.2 Å². The van der Waals surface area contributed by atoms with Crippen molar-refractivity contribution >= 4 is 27.2 Å². The third-order valence-electron chi connectivity index (χ3n) is 3.57. The molecule has 102 valence electrons. The number of rotatable bonds is 3. The lowest BCUT2D eigenvalue weighted by atomic mass is 9.95. The minimum absolute atomic E-state index is 0.219. The molecule has 0 amide bonds. The van der Waals surface area contributed by atoms with Gasteiger partial charge in [-0.1, -0.05) is 11.3 Å². The number of nitrogens with two attached hydrogens (primary N) is 1. The summed E-state index contributed by atoms with van der Waals surface area (Å²) >= 11 is 1.56. The molecule has 0 aliphatic heterocycles. The molecule has 0 spiro atoms. The van der Waals surface area contributed by atoms with Gasteiger partial charge in [0.1, 0.15) is 6.10 Å². The number of hydrogen-bond acceptors (Lipinski definition) is 5. The summed E-state index contributed by atoms with van der Waals surface area (Å²) in [4.78, 5) is 4.50. The summed E-state index contributed by atoms with van der Waals surface area (Å²) < 4.78 is 12.5. The molecule has 0 saturated heterocycles. The average Bonchev–Trinajstić information content (AvgIpc) is 2.80. The molecule has 1 aromatic heterocycles. The van der Waals surface area contributed by atoms with Crippen molar-refractivity contribution in [2.75, 3.05) is 12.8 Å². The van der Waals surface area contributed by atoms with Crippen LogP contribution in [0.15, 0.2) is 18.2 Å². The van der Waals surface area contributed by atoms with Crippen molar-refractivity contribution in [1.29, 1.82) is 0 Å². The van der Waals surface area contributed by atoms with E-state index in [9.17, 15) is 0 Å². The number of ether oxygens (including phenoxy) is 2. The first-order valence-corrected chi connectivity index (χ1v) is 7.42. The van der Waals surface area contributed by atoms with Gasteiger partial charge in [0.25, 0.3) is 5.19 Å². The van der Waals surface area contributed by atoms with E-state index in [0.29, 0.717) is 6.10 Å². The molecule has 2 N–H and O–H groups in total. The molecular weight excluding hydrogens is 260 g/mol. The Kier molecular flexibility index (Phi) is 3.57. The fraction of sp³-hybridized carbons (Fsp3) is 0.500. The normalized spacial score (nSPS) is 23.6. The lowest BCUT2D eigenvalue weighted by Crippen LogP contribution is -2.29. The highest BCUT2D eigenvalue weighted by atomic mass is 32.1. The first kappa shape index (κ1) is 12.7. The topological polar surface area (TPSA) is 57.4 Å². The van der Waals surface area contributed by atoms with E-state index in [-0.39, 0.29) is 6.10 Å². The van der Waals surface area contributed by atoms with Gasteiger partial charge in [-0.15, -0.1) is 0 Å². The molecule has 1 fully saturated rings. The number of anilines is 1. The van der Waals surface area contributed by atoms with Gasteiger partial charge in [0.05, 0.1) is 16.3 Å². The van der Waals surface area contributed by atoms with E-state index in [1.807, 2.05) is 18.2 Å². The largest absolute Gasteiger partial charge is 0.467 e. The summed E-state index contributed by atoms with van der Waals surface area (Å²) in [6.07, 6.45) is 4.86. The second kappa shape index (κ2) is 5.35. The Labute approximate surface area is 116 Å². The van der Waals surface area contributed by atoms with Crippen LogP contribution in [0.1, 0.15) is 25.7 Å². The summed E-state index contributed by atoms with van der Waals surface area (Å²) in [5.41, 5.74) is 7.49. The molecule has 1 aliphatic carbocycles. The number of nitrogen functional groups attached to an aromatic ring is 1. The average molecular weight is 278 g/mol. The first-order chi connectivity index (χ1) is 9.24. The van der Waals surface area contributed by atoms with Crippen molar-refractivity contribution in [3.05, 3.63) is 18.2 Å². The molecule has 1 heterocycles. The standard InChI is InChI=1S/C14H18N2O2S/c1-17-10-3-2-4-11(8-10)18-14-16-12-6-5-9(15)7-13(12)19-14/h5-7,10-11H,2-4,8,15H2,1H3. The highest BCUT2D eigenvalue weighted by Gasteiger charge is 2.24. The van der Waals surface area contributed by atoms with Crippen molar-refractivity contribution in [2.45, 2.75) is 37.9 Å². The molecule has 1 aliphatic rings. The van der Waals surface area contributed by atoms with Crippen LogP contribution >= 0.6 is 11.3 Å². The number of benzene rings is 1. The minimum Gasteiger partial charge on any atom is -0.467 e. The molecule has 3 rings (SSSR count). The summed E-state index contributed by atoms with van der Waals surface area (Å²) in [6.45, 7) is 0. The van der Waals surface area contributed by atoms with Crippen LogP contribution < -0.4 is 10.5 Å². The molecule has 1 saturated carbocycles. The third-order valence-corrected chi connectivity index (χ3v) is 4.48. The zero-order chi connectivity index (χ0) is 13.2. The number of aromatic nitrogens is 1.